The molecule has 0 aromatic rings. The Morgan fingerprint density at radius 2 is 1.57 bits per heavy atom. The molecule has 1 rings (SSSR count). The molecule has 21 heavy (non-hydrogen) atoms. The smallest absolute Gasteiger partial charge is 0.303 e. The Balaban J connectivity index is 2.94. The minimum atomic E-state index is -0.896. The third kappa shape index (κ3) is 5.40. The molecule has 1 aliphatic rings. The first-order chi connectivity index (χ1) is 9.72. The number of hydrogen-bond acceptors (Lipinski definition) is 8. The van der Waals surface area contributed by atoms with Gasteiger partial charge in [-0.2, -0.15) is 0 Å². The second kappa shape index (κ2) is 7.90. The van der Waals surface area contributed by atoms with Crippen LogP contribution in [-0.4, -0.2) is 53.0 Å². The highest BCUT2D eigenvalue weighted by Gasteiger charge is 2.48. The quantitative estimate of drug-likeness (QED) is 0.293. The Hall–Kier alpha value is -0.940. The minimum Gasteiger partial charge on any atom is -0.463 e. The van der Waals surface area contributed by atoms with Gasteiger partial charge in [-0.3, -0.25) is 14.4 Å². The van der Waals surface area contributed by atoms with Crippen molar-refractivity contribution in [3.05, 3.63) is 0 Å². The Morgan fingerprint density at radius 3 is 2.05 bits per heavy atom. The standard InChI is InChI=1S/C12H18INO7/c1-5(15)18-4-8-10(19-6(2)16)11(20-7(3)17)9(13)12(14)21-8/h8-12H,4,14H2,1-3H3/t8-,9-,10-,11-,12-/m1/s1. The van der Waals surface area contributed by atoms with Crippen molar-refractivity contribution in [1.29, 1.82) is 0 Å². The van der Waals surface area contributed by atoms with Crippen molar-refractivity contribution >= 4 is 40.5 Å². The molecular formula is C12H18INO7. The van der Waals surface area contributed by atoms with Gasteiger partial charge < -0.3 is 24.7 Å². The summed E-state index contributed by atoms with van der Waals surface area (Å²) in [7, 11) is 0. The molecule has 9 heteroatoms. The van der Waals surface area contributed by atoms with Crippen LogP contribution in [0.2, 0.25) is 0 Å². The second-order valence-electron chi connectivity index (χ2n) is 4.53. The van der Waals surface area contributed by atoms with E-state index < -0.39 is 46.4 Å². The number of carbonyl (C=O) groups is 3. The lowest BCUT2D eigenvalue weighted by Crippen LogP contribution is -2.61. The zero-order valence-electron chi connectivity index (χ0n) is 11.9. The molecule has 2 N–H and O–H groups in total. The highest BCUT2D eigenvalue weighted by molar-refractivity contribution is 14.1. The average Bonchev–Trinajstić information content (AvgIpc) is 2.35. The summed E-state index contributed by atoms with van der Waals surface area (Å²) < 4.78 is 20.3. The summed E-state index contributed by atoms with van der Waals surface area (Å²) in [6.07, 6.45) is -3.23. The molecule has 0 aromatic heterocycles. The van der Waals surface area contributed by atoms with Crippen molar-refractivity contribution in [3.8, 4) is 0 Å². The van der Waals surface area contributed by atoms with Crippen molar-refractivity contribution in [2.24, 2.45) is 5.73 Å². The Labute approximate surface area is 135 Å². The van der Waals surface area contributed by atoms with Crippen LogP contribution in [0.4, 0.5) is 0 Å². The van der Waals surface area contributed by atoms with Gasteiger partial charge in [-0.1, -0.05) is 22.6 Å². The molecule has 0 aliphatic carbocycles. The fourth-order valence-corrected chi connectivity index (χ4v) is 2.65. The predicted molar refractivity (Wildman–Crippen MR) is 78.4 cm³/mol. The molecule has 5 atom stereocenters. The Kier molecular flexibility index (Phi) is 6.81. The molecule has 1 saturated heterocycles. The predicted octanol–water partition coefficient (Wildman–Crippen LogP) is -0.0999. The van der Waals surface area contributed by atoms with E-state index in [-0.39, 0.29) is 6.61 Å². The highest BCUT2D eigenvalue weighted by atomic mass is 127. The molecular weight excluding hydrogens is 397 g/mol. The molecule has 0 bridgehead atoms. The summed E-state index contributed by atoms with van der Waals surface area (Å²) in [6.45, 7) is 3.57. The van der Waals surface area contributed by atoms with Gasteiger partial charge in [0, 0.05) is 20.8 Å². The summed E-state index contributed by atoms with van der Waals surface area (Å²) in [5.74, 6) is -1.60. The lowest BCUT2D eigenvalue weighted by molar-refractivity contribution is -0.210. The number of nitrogens with two attached hydrogens (primary N) is 1. The van der Waals surface area contributed by atoms with E-state index in [1.165, 1.54) is 20.8 Å². The van der Waals surface area contributed by atoms with E-state index in [4.69, 9.17) is 24.7 Å². The molecule has 1 aliphatic heterocycles. The number of carbonyl (C=O) groups excluding carboxylic acids is 3. The molecule has 1 fully saturated rings. The summed E-state index contributed by atoms with van der Waals surface area (Å²) >= 11 is 1.97. The number of alkyl halides is 1. The molecule has 8 nitrogen and oxygen atoms in total. The molecule has 0 saturated carbocycles. The topological polar surface area (TPSA) is 114 Å². The first kappa shape index (κ1) is 18.1. The minimum absolute atomic E-state index is 0.151. The van der Waals surface area contributed by atoms with Crippen LogP contribution in [0.25, 0.3) is 0 Å². The summed E-state index contributed by atoms with van der Waals surface area (Å²) in [4.78, 5) is 33.4. The maximum absolute atomic E-state index is 11.3. The van der Waals surface area contributed by atoms with Gasteiger partial charge in [0.2, 0.25) is 0 Å². The zero-order chi connectivity index (χ0) is 16.2. The first-order valence-corrected chi connectivity index (χ1v) is 7.49. The van der Waals surface area contributed by atoms with E-state index in [1.54, 1.807) is 0 Å². The van der Waals surface area contributed by atoms with Crippen LogP contribution in [0, 0.1) is 0 Å². The summed E-state index contributed by atoms with van der Waals surface area (Å²) in [5, 5.41) is 0. The van der Waals surface area contributed by atoms with Gasteiger partial charge in [-0.25, -0.2) is 0 Å². The normalized spacial score (nSPS) is 32.1. The van der Waals surface area contributed by atoms with Crippen LogP contribution in [0.15, 0.2) is 0 Å². The number of hydrogen-bond donors (Lipinski definition) is 1. The van der Waals surface area contributed by atoms with E-state index in [9.17, 15) is 14.4 Å². The fourth-order valence-electron chi connectivity index (χ4n) is 1.93. The van der Waals surface area contributed by atoms with Crippen molar-refractivity contribution in [2.75, 3.05) is 6.61 Å². The molecule has 120 valence electrons. The first-order valence-electron chi connectivity index (χ1n) is 6.25. The van der Waals surface area contributed by atoms with Crippen LogP contribution in [0.1, 0.15) is 20.8 Å². The monoisotopic (exact) mass is 415 g/mol. The van der Waals surface area contributed by atoms with E-state index in [0.717, 1.165) is 0 Å². The number of halogens is 1. The van der Waals surface area contributed by atoms with Crippen molar-refractivity contribution in [1.82, 2.24) is 0 Å². The molecule has 0 unspecified atom stereocenters. The van der Waals surface area contributed by atoms with Crippen molar-refractivity contribution < 1.29 is 33.3 Å². The lowest BCUT2D eigenvalue weighted by atomic mass is 10.0. The van der Waals surface area contributed by atoms with Gasteiger partial charge in [-0.05, 0) is 0 Å². The van der Waals surface area contributed by atoms with Crippen LogP contribution in [-0.2, 0) is 33.3 Å². The number of ether oxygens (including phenoxy) is 4. The summed E-state index contributed by atoms with van der Waals surface area (Å²) in [5.41, 5.74) is 5.83. The van der Waals surface area contributed by atoms with E-state index in [1.807, 2.05) is 22.6 Å². The lowest BCUT2D eigenvalue weighted by Gasteiger charge is -2.42. The van der Waals surface area contributed by atoms with Gasteiger partial charge in [0.15, 0.2) is 12.2 Å². The highest BCUT2D eigenvalue weighted by Crippen LogP contribution is 2.29. The molecule has 0 radical (unpaired) electrons. The SMILES string of the molecule is CC(=O)OC[C@H]1O[C@@H](N)[C@H](I)[C@@H](OC(C)=O)[C@@H]1OC(C)=O. The van der Waals surface area contributed by atoms with Crippen LogP contribution < -0.4 is 5.73 Å². The van der Waals surface area contributed by atoms with Crippen molar-refractivity contribution in [2.45, 2.75) is 49.2 Å². The molecule has 0 spiro atoms. The van der Waals surface area contributed by atoms with Gasteiger partial charge in [0.1, 0.15) is 18.9 Å². The van der Waals surface area contributed by atoms with Crippen LogP contribution in [0.5, 0.6) is 0 Å². The number of esters is 3. The maximum Gasteiger partial charge on any atom is 0.303 e. The van der Waals surface area contributed by atoms with Gasteiger partial charge >= 0.3 is 17.9 Å². The van der Waals surface area contributed by atoms with Crippen molar-refractivity contribution in [3.63, 3.8) is 0 Å². The molecule has 1 heterocycles. The molecule has 0 amide bonds. The van der Waals surface area contributed by atoms with Gasteiger partial charge in [0.05, 0.1) is 3.92 Å². The van der Waals surface area contributed by atoms with E-state index >= 15 is 0 Å². The molecule has 0 aromatic carbocycles. The van der Waals surface area contributed by atoms with Gasteiger partial charge in [-0.15, -0.1) is 0 Å². The van der Waals surface area contributed by atoms with Crippen LogP contribution in [0.3, 0.4) is 0 Å². The Morgan fingerprint density at radius 1 is 1.05 bits per heavy atom. The average molecular weight is 415 g/mol. The van der Waals surface area contributed by atoms with Crippen LogP contribution >= 0.6 is 22.6 Å². The van der Waals surface area contributed by atoms with E-state index in [2.05, 4.69) is 0 Å². The largest absolute Gasteiger partial charge is 0.463 e. The third-order valence-corrected chi connectivity index (χ3v) is 4.12. The maximum atomic E-state index is 11.3. The second-order valence-corrected chi connectivity index (χ2v) is 5.97. The Bertz CT molecular complexity index is 416. The van der Waals surface area contributed by atoms with Gasteiger partial charge in [0.25, 0.3) is 0 Å². The zero-order valence-corrected chi connectivity index (χ0v) is 14.1. The van der Waals surface area contributed by atoms with E-state index in [0.29, 0.717) is 0 Å². The third-order valence-electron chi connectivity index (χ3n) is 2.70. The number of rotatable bonds is 4. The fraction of sp³-hybridized carbons (Fsp3) is 0.750. The summed E-state index contributed by atoms with van der Waals surface area (Å²) in [6, 6.07) is 0.